The third-order valence-corrected chi connectivity index (χ3v) is 6.92. The summed E-state index contributed by atoms with van der Waals surface area (Å²) in [6.07, 6.45) is 4.25. The van der Waals surface area contributed by atoms with Gasteiger partial charge in [0.05, 0.1) is 6.54 Å². The number of carboxylic acids is 1. The van der Waals surface area contributed by atoms with Crippen LogP contribution in [0.3, 0.4) is 0 Å². The zero-order chi connectivity index (χ0) is 30.7. The van der Waals surface area contributed by atoms with Gasteiger partial charge in [-0.25, -0.2) is 4.98 Å². The van der Waals surface area contributed by atoms with Gasteiger partial charge in [0, 0.05) is 49.7 Å². The minimum absolute atomic E-state index is 0.124. The number of phenolic OH excluding ortho intramolecular Hbond substituents is 1. The third kappa shape index (κ3) is 6.64. The molecule has 0 amide bonds. The van der Waals surface area contributed by atoms with Gasteiger partial charge in [0.1, 0.15) is 23.1 Å². The first kappa shape index (κ1) is 29.3. The first-order valence-corrected chi connectivity index (χ1v) is 13.3. The molecule has 6 N–H and O–H groups in total. The number of hydrogen-bond donors (Lipinski definition) is 5. The molecule has 1 aliphatic rings. The first-order chi connectivity index (χ1) is 20.6. The molecule has 1 aliphatic heterocycles. The molecule has 0 aliphatic carbocycles. The van der Waals surface area contributed by atoms with Crippen molar-refractivity contribution in [1.82, 2.24) is 19.4 Å². The normalized spacial score (nSPS) is 13.9. The molecule has 12 nitrogen and oxygen atoms in total. The molecule has 2 aromatic heterocycles. The molecule has 2 aromatic carbocycles. The van der Waals surface area contributed by atoms with Gasteiger partial charge in [0.2, 0.25) is 11.6 Å². The number of carboxylic acid groups (broad SMARTS) is 1. The van der Waals surface area contributed by atoms with Crippen LogP contribution in [0.4, 0.5) is 14.5 Å². The number of anilines is 1. The Bertz CT molecular complexity index is 1670. The van der Waals surface area contributed by atoms with Crippen LogP contribution in [0.1, 0.15) is 18.4 Å². The van der Waals surface area contributed by atoms with Crippen molar-refractivity contribution in [1.29, 1.82) is 5.41 Å². The Morgan fingerprint density at radius 3 is 2.51 bits per heavy atom. The van der Waals surface area contributed by atoms with E-state index in [0.717, 1.165) is 0 Å². The number of hydrogen-bond acceptors (Lipinski definition) is 9. The fraction of sp³-hybridized carbons (Fsp3) is 0.241. The van der Waals surface area contributed by atoms with Crippen LogP contribution in [0.5, 0.6) is 29.0 Å². The summed E-state index contributed by atoms with van der Waals surface area (Å²) in [7, 11) is 1.82. The number of piperidine rings is 1. The first-order valence-electron chi connectivity index (χ1n) is 13.3. The van der Waals surface area contributed by atoms with E-state index in [9.17, 15) is 9.90 Å². The molecule has 43 heavy (non-hydrogen) atoms. The van der Waals surface area contributed by atoms with Crippen LogP contribution in [0.2, 0.25) is 0 Å². The van der Waals surface area contributed by atoms with E-state index in [0.29, 0.717) is 37.3 Å². The second-order valence-electron chi connectivity index (χ2n) is 10.0. The van der Waals surface area contributed by atoms with E-state index in [-0.39, 0.29) is 35.2 Å². The number of halogens is 2. The van der Waals surface area contributed by atoms with Crippen LogP contribution in [0.15, 0.2) is 54.9 Å². The van der Waals surface area contributed by atoms with Crippen molar-refractivity contribution in [3.05, 3.63) is 72.1 Å². The highest BCUT2D eigenvalue weighted by atomic mass is 19.1. The Morgan fingerprint density at radius 2 is 1.86 bits per heavy atom. The summed E-state index contributed by atoms with van der Waals surface area (Å²) in [6, 6.07) is 10.1. The second-order valence-corrected chi connectivity index (χ2v) is 10.0. The monoisotopic (exact) mass is 593 g/mol. The number of aryl methyl sites for hydroxylation is 1. The Balaban J connectivity index is 1.50. The number of aromatic nitrogens is 3. The maximum absolute atomic E-state index is 15.9. The van der Waals surface area contributed by atoms with Crippen molar-refractivity contribution in [2.24, 2.45) is 12.8 Å². The SMILES string of the molecule is Cn1ccnc1-c1cccc(Oc2nc(Oc3cc(C(=N)N)ccc3O)c(F)c(NC3CCN(CC(=O)O)CC3)c2F)c1. The highest BCUT2D eigenvalue weighted by Crippen LogP contribution is 2.39. The second kappa shape index (κ2) is 12.3. The smallest absolute Gasteiger partial charge is 0.317 e. The van der Waals surface area contributed by atoms with E-state index in [1.807, 2.05) is 7.05 Å². The number of pyridine rings is 1. The Labute approximate surface area is 244 Å². The summed E-state index contributed by atoms with van der Waals surface area (Å²) in [5.41, 5.74) is 5.87. The molecule has 5 rings (SSSR count). The maximum Gasteiger partial charge on any atom is 0.317 e. The predicted molar refractivity (Wildman–Crippen MR) is 153 cm³/mol. The minimum atomic E-state index is -1.17. The van der Waals surface area contributed by atoms with Crippen molar-refractivity contribution < 1.29 is 33.3 Å². The molecule has 3 heterocycles. The van der Waals surface area contributed by atoms with Gasteiger partial charge in [-0.2, -0.15) is 13.8 Å². The Kier molecular flexibility index (Phi) is 8.39. The summed E-state index contributed by atoms with van der Waals surface area (Å²) in [6.45, 7) is 0.703. The van der Waals surface area contributed by atoms with Crippen LogP contribution < -0.4 is 20.5 Å². The highest BCUT2D eigenvalue weighted by Gasteiger charge is 2.28. The van der Waals surface area contributed by atoms with E-state index in [4.69, 9.17) is 25.7 Å². The van der Waals surface area contributed by atoms with E-state index < -0.39 is 41.1 Å². The number of likely N-dealkylation sites (tertiary alicyclic amines) is 1. The standard InChI is InChI=1S/C29H29F2N7O5/c1-37-12-9-34-27(37)17-3-2-4-19(13-17)42-28-23(30)25(35-18-7-10-38(11-8-18)15-22(40)41)24(31)29(36-28)43-21-14-16(26(32)33)5-6-20(21)39/h2-6,9,12-14,18,39H,7-8,10-11,15H2,1H3,(H3,32,33)(H,35,36)(H,40,41). The average Bonchev–Trinajstić information content (AvgIpc) is 3.41. The largest absolute Gasteiger partial charge is 0.504 e. The number of phenols is 1. The molecule has 0 atom stereocenters. The van der Waals surface area contributed by atoms with Crippen molar-refractivity contribution in [2.45, 2.75) is 18.9 Å². The van der Waals surface area contributed by atoms with E-state index in [1.165, 1.54) is 18.2 Å². The van der Waals surface area contributed by atoms with Gasteiger partial charge in [0.25, 0.3) is 11.8 Å². The molecular weight excluding hydrogens is 564 g/mol. The molecule has 14 heteroatoms. The van der Waals surface area contributed by atoms with E-state index in [2.05, 4.69) is 15.3 Å². The number of amidine groups is 1. The summed E-state index contributed by atoms with van der Waals surface area (Å²) < 4.78 is 44.9. The van der Waals surface area contributed by atoms with Gasteiger partial charge in [-0.1, -0.05) is 12.1 Å². The minimum Gasteiger partial charge on any atom is -0.504 e. The molecule has 224 valence electrons. The summed E-state index contributed by atoms with van der Waals surface area (Å²) in [5.74, 6) is -4.66. The Morgan fingerprint density at radius 1 is 1.14 bits per heavy atom. The predicted octanol–water partition coefficient (Wildman–Crippen LogP) is 4.30. The number of nitrogen functional groups attached to an aromatic ring is 1. The van der Waals surface area contributed by atoms with Crippen LogP contribution in [0, 0.1) is 17.0 Å². The van der Waals surface area contributed by atoms with Gasteiger partial charge >= 0.3 is 5.97 Å². The molecular formula is C29H29F2N7O5. The van der Waals surface area contributed by atoms with Gasteiger partial charge in [0.15, 0.2) is 11.5 Å². The van der Waals surface area contributed by atoms with E-state index >= 15 is 8.78 Å². The summed E-state index contributed by atoms with van der Waals surface area (Å²) in [5, 5.41) is 29.9. The molecule has 1 saturated heterocycles. The number of benzene rings is 2. The fourth-order valence-corrected chi connectivity index (χ4v) is 4.72. The van der Waals surface area contributed by atoms with Crippen molar-refractivity contribution in [2.75, 3.05) is 25.0 Å². The average molecular weight is 594 g/mol. The molecule has 4 aromatic rings. The molecule has 1 fully saturated rings. The van der Waals surface area contributed by atoms with Gasteiger partial charge in [-0.3, -0.25) is 15.1 Å². The zero-order valence-corrected chi connectivity index (χ0v) is 23.1. The molecule has 0 unspecified atom stereocenters. The van der Waals surface area contributed by atoms with Crippen molar-refractivity contribution in [3.8, 4) is 40.4 Å². The molecule has 0 spiro atoms. The number of ether oxygens (including phenoxy) is 2. The lowest BCUT2D eigenvalue weighted by molar-refractivity contribution is -0.138. The quantitative estimate of drug-likeness (QED) is 0.132. The zero-order valence-electron chi connectivity index (χ0n) is 23.1. The molecule has 0 saturated carbocycles. The lowest BCUT2D eigenvalue weighted by Gasteiger charge is -2.32. The van der Waals surface area contributed by atoms with Crippen LogP contribution in [0.25, 0.3) is 11.4 Å². The van der Waals surface area contributed by atoms with Crippen molar-refractivity contribution in [3.63, 3.8) is 0 Å². The topological polar surface area (TPSA) is 172 Å². The third-order valence-electron chi connectivity index (χ3n) is 6.92. The van der Waals surface area contributed by atoms with E-state index in [1.54, 1.807) is 46.1 Å². The van der Waals surface area contributed by atoms with Gasteiger partial charge < -0.3 is 35.3 Å². The number of nitrogens with zero attached hydrogens (tertiary/aromatic N) is 4. The van der Waals surface area contributed by atoms with Crippen LogP contribution >= 0.6 is 0 Å². The number of nitrogens with two attached hydrogens (primary N) is 1. The fourth-order valence-electron chi connectivity index (χ4n) is 4.72. The number of rotatable bonds is 10. The summed E-state index contributed by atoms with van der Waals surface area (Å²) in [4.78, 5) is 21.1. The van der Waals surface area contributed by atoms with Gasteiger partial charge in [-0.05, 0) is 43.2 Å². The van der Waals surface area contributed by atoms with Crippen LogP contribution in [-0.4, -0.2) is 67.1 Å². The van der Waals surface area contributed by atoms with Crippen molar-refractivity contribution >= 4 is 17.5 Å². The number of nitrogens with one attached hydrogen (secondary N) is 2. The molecule has 0 bridgehead atoms. The number of carbonyl (C=O) groups is 1. The lowest BCUT2D eigenvalue weighted by Crippen LogP contribution is -2.41. The number of imidazole rings is 1. The number of aromatic hydroxyl groups is 1. The summed E-state index contributed by atoms with van der Waals surface area (Å²) >= 11 is 0. The number of aliphatic carboxylic acids is 1. The van der Waals surface area contributed by atoms with Gasteiger partial charge in [-0.15, -0.1) is 0 Å². The van der Waals surface area contributed by atoms with Crippen LogP contribution in [-0.2, 0) is 11.8 Å². The maximum atomic E-state index is 15.9. The molecule has 0 radical (unpaired) electrons. The lowest BCUT2D eigenvalue weighted by atomic mass is 10.0. The Hall–Kier alpha value is -5.24. The highest BCUT2D eigenvalue weighted by molar-refractivity contribution is 5.95.